The number of aliphatic hydroxyl groups is 1. The van der Waals surface area contributed by atoms with E-state index in [1.807, 2.05) is 6.92 Å². The molecule has 17 heavy (non-hydrogen) atoms. The number of nitrogens with one attached hydrogen (secondary N) is 1. The van der Waals surface area contributed by atoms with Gasteiger partial charge in [-0.05, 0) is 13.3 Å². The third-order valence-electron chi connectivity index (χ3n) is 2.43. The first-order chi connectivity index (χ1) is 7.96. The molecule has 1 heterocycles. The van der Waals surface area contributed by atoms with Gasteiger partial charge in [-0.1, -0.05) is 18.5 Å². The second-order valence-corrected chi connectivity index (χ2v) is 4.52. The lowest BCUT2D eigenvalue weighted by Crippen LogP contribution is -2.32. The Hall–Kier alpha value is -0.910. The molecular weight excluding hydrogens is 242 g/mol. The molecule has 0 saturated heterocycles. The van der Waals surface area contributed by atoms with Crippen molar-refractivity contribution in [2.24, 2.45) is 0 Å². The van der Waals surface area contributed by atoms with E-state index in [-0.39, 0.29) is 0 Å². The molecule has 0 fully saturated rings. The predicted molar refractivity (Wildman–Crippen MR) is 67.2 cm³/mol. The van der Waals surface area contributed by atoms with E-state index in [9.17, 15) is 5.11 Å². The molecule has 1 aromatic rings. The Morgan fingerprint density at radius 2 is 2.24 bits per heavy atom. The Kier molecular flexibility index (Phi) is 5.11. The minimum Gasteiger partial charge on any atom is -0.388 e. The van der Waals surface area contributed by atoms with Gasteiger partial charge in [-0.2, -0.15) is 0 Å². The molecule has 0 aromatic carbocycles. The van der Waals surface area contributed by atoms with E-state index in [4.69, 9.17) is 16.3 Å². The smallest absolute Gasteiger partial charge is 0.158 e. The van der Waals surface area contributed by atoms with E-state index < -0.39 is 5.60 Å². The van der Waals surface area contributed by atoms with Crippen LogP contribution in [0, 0.1) is 0 Å². The molecule has 5 nitrogen and oxygen atoms in total. The maximum Gasteiger partial charge on any atom is 0.158 e. The fourth-order valence-corrected chi connectivity index (χ4v) is 1.36. The van der Waals surface area contributed by atoms with Gasteiger partial charge in [-0.15, -0.1) is 0 Å². The van der Waals surface area contributed by atoms with Gasteiger partial charge in [0.05, 0.1) is 5.60 Å². The van der Waals surface area contributed by atoms with Crippen LogP contribution in [-0.2, 0) is 11.3 Å². The number of anilines is 1. The van der Waals surface area contributed by atoms with Gasteiger partial charge < -0.3 is 15.2 Å². The molecule has 2 N–H and O–H groups in total. The van der Waals surface area contributed by atoms with Crippen molar-refractivity contribution in [3.05, 3.63) is 17.0 Å². The molecular formula is C11H18ClN3O2. The maximum absolute atomic E-state index is 9.86. The van der Waals surface area contributed by atoms with E-state index in [1.165, 1.54) is 0 Å². The van der Waals surface area contributed by atoms with Crippen molar-refractivity contribution in [2.45, 2.75) is 32.5 Å². The van der Waals surface area contributed by atoms with Crippen molar-refractivity contribution in [3.8, 4) is 0 Å². The molecule has 1 atom stereocenters. The molecule has 0 aliphatic rings. The molecule has 96 valence electrons. The summed E-state index contributed by atoms with van der Waals surface area (Å²) in [5, 5.41) is 13.2. The van der Waals surface area contributed by atoms with Gasteiger partial charge in [-0.3, -0.25) is 0 Å². The highest BCUT2D eigenvalue weighted by atomic mass is 35.5. The average molecular weight is 260 g/mol. The van der Waals surface area contributed by atoms with Gasteiger partial charge in [-0.25, -0.2) is 9.97 Å². The fourth-order valence-electron chi connectivity index (χ4n) is 1.15. The monoisotopic (exact) mass is 259 g/mol. The van der Waals surface area contributed by atoms with Gasteiger partial charge in [0, 0.05) is 19.7 Å². The highest BCUT2D eigenvalue weighted by Gasteiger charge is 2.17. The van der Waals surface area contributed by atoms with Crippen LogP contribution in [0.25, 0.3) is 0 Å². The summed E-state index contributed by atoms with van der Waals surface area (Å²) in [6, 6.07) is 1.62. The first-order valence-corrected chi connectivity index (χ1v) is 5.83. The van der Waals surface area contributed by atoms with E-state index >= 15 is 0 Å². The zero-order chi connectivity index (χ0) is 12.9. The van der Waals surface area contributed by atoms with Crippen LogP contribution in [-0.4, -0.2) is 34.3 Å². The molecule has 0 radical (unpaired) electrons. The summed E-state index contributed by atoms with van der Waals surface area (Å²) in [7, 11) is 1.57. The molecule has 6 heteroatoms. The maximum atomic E-state index is 9.86. The minimum atomic E-state index is -0.765. The second-order valence-electron chi connectivity index (χ2n) is 4.13. The molecule has 1 rings (SSSR count). The Bertz CT molecular complexity index is 372. The number of halogens is 1. The van der Waals surface area contributed by atoms with Crippen LogP contribution in [0.1, 0.15) is 26.1 Å². The van der Waals surface area contributed by atoms with Crippen molar-refractivity contribution < 1.29 is 9.84 Å². The van der Waals surface area contributed by atoms with Gasteiger partial charge in [0.1, 0.15) is 17.6 Å². The standard InChI is InChI=1S/C11H18ClN3O2/c1-4-11(2,16)7-13-9-5-8(12)14-10(15-9)6-17-3/h5,16H,4,6-7H2,1-3H3,(H,13,14,15). The average Bonchev–Trinajstić information content (AvgIpc) is 2.26. The fraction of sp³-hybridized carbons (Fsp3) is 0.636. The SMILES string of the molecule is CCC(C)(O)CNc1cc(Cl)nc(COC)n1. The highest BCUT2D eigenvalue weighted by molar-refractivity contribution is 6.29. The summed E-state index contributed by atoms with van der Waals surface area (Å²) in [6.07, 6.45) is 0.656. The topological polar surface area (TPSA) is 67.3 Å². The number of hydrogen-bond donors (Lipinski definition) is 2. The van der Waals surface area contributed by atoms with Crippen LogP contribution in [0.3, 0.4) is 0 Å². The lowest BCUT2D eigenvalue weighted by Gasteiger charge is -2.22. The van der Waals surface area contributed by atoms with Crippen LogP contribution in [0.15, 0.2) is 6.07 Å². The number of ether oxygens (including phenoxy) is 1. The van der Waals surface area contributed by atoms with Crippen LogP contribution >= 0.6 is 11.6 Å². The molecule has 0 aliphatic heterocycles. The Morgan fingerprint density at radius 3 is 2.82 bits per heavy atom. The molecule has 1 unspecified atom stereocenters. The molecule has 1 aromatic heterocycles. The zero-order valence-corrected chi connectivity index (χ0v) is 11.1. The van der Waals surface area contributed by atoms with Crippen molar-refractivity contribution in [1.82, 2.24) is 9.97 Å². The lowest BCUT2D eigenvalue weighted by molar-refractivity contribution is 0.0696. The number of aromatic nitrogens is 2. The Balaban J connectivity index is 2.70. The molecule has 0 amide bonds. The Labute approximate surface area is 106 Å². The van der Waals surface area contributed by atoms with Crippen molar-refractivity contribution >= 4 is 17.4 Å². The summed E-state index contributed by atoms with van der Waals surface area (Å²) in [6.45, 7) is 4.40. The van der Waals surface area contributed by atoms with Crippen LogP contribution in [0.4, 0.5) is 5.82 Å². The van der Waals surface area contributed by atoms with Gasteiger partial charge in [0.25, 0.3) is 0 Å². The normalized spacial score (nSPS) is 14.4. The number of methoxy groups -OCH3 is 1. The summed E-state index contributed by atoms with van der Waals surface area (Å²) in [5.74, 6) is 1.10. The van der Waals surface area contributed by atoms with E-state index in [0.717, 1.165) is 0 Å². The van der Waals surface area contributed by atoms with Crippen LogP contribution in [0.5, 0.6) is 0 Å². The lowest BCUT2D eigenvalue weighted by atomic mass is 10.0. The van der Waals surface area contributed by atoms with E-state index in [1.54, 1.807) is 20.1 Å². The molecule has 0 saturated carbocycles. The minimum absolute atomic E-state index is 0.305. The Morgan fingerprint density at radius 1 is 1.53 bits per heavy atom. The zero-order valence-electron chi connectivity index (χ0n) is 10.3. The largest absolute Gasteiger partial charge is 0.388 e. The summed E-state index contributed by atoms with van der Waals surface area (Å²) in [4.78, 5) is 8.23. The number of hydrogen-bond acceptors (Lipinski definition) is 5. The van der Waals surface area contributed by atoms with Gasteiger partial charge in [0.15, 0.2) is 5.82 Å². The third kappa shape index (κ3) is 4.85. The first kappa shape index (κ1) is 14.2. The summed E-state index contributed by atoms with van der Waals surface area (Å²) >= 11 is 5.86. The van der Waals surface area contributed by atoms with Gasteiger partial charge in [0.2, 0.25) is 0 Å². The van der Waals surface area contributed by atoms with E-state index in [0.29, 0.717) is 36.4 Å². The van der Waals surface area contributed by atoms with Crippen molar-refractivity contribution in [1.29, 1.82) is 0 Å². The van der Waals surface area contributed by atoms with Crippen LogP contribution in [0.2, 0.25) is 5.15 Å². The molecule has 0 bridgehead atoms. The summed E-state index contributed by atoms with van der Waals surface area (Å²) in [5.41, 5.74) is -0.765. The van der Waals surface area contributed by atoms with Crippen molar-refractivity contribution in [2.75, 3.05) is 19.0 Å². The quantitative estimate of drug-likeness (QED) is 0.763. The first-order valence-electron chi connectivity index (χ1n) is 5.45. The number of rotatable bonds is 6. The highest BCUT2D eigenvalue weighted by Crippen LogP contribution is 2.14. The molecule has 0 aliphatic carbocycles. The second kappa shape index (κ2) is 6.14. The predicted octanol–water partition coefficient (Wildman–Crippen LogP) is 1.85. The summed E-state index contributed by atoms with van der Waals surface area (Å²) < 4.78 is 4.94. The van der Waals surface area contributed by atoms with Gasteiger partial charge >= 0.3 is 0 Å². The van der Waals surface area contributed by atoms with Crippen LogP contribution < -0.4 is 5.32 Å². The third-order valence-corrected chi connectivity index (χ3v) is 2.62. The molecule has 0 spiro atoms. The number of nitrogens with zero attached hydrogens (tertiary/aromatic N) is 2. The van der Waals surface area contributed by atoms with E-state index in [2.05, 4.69) is 15.3 Å². The van der Waals surface area contributed by atoms with Crippen molar-refractivity contribution in [3.63, 3.8) is 0 Å².